The third-order valence-electron chi connectivity index (χ3n) is 10.6. The van der Waals surface area contributed by atoms with Gasteiger partial charge in [0.2, 0.25) is 5.89 Å². The van der Waals surface area contributed by atoms with Crippen molar-refractivity contribution in [1.29, 1.82) is 0 Å². The number of furan rings is 1. The molecule has 0 saturated heterocycles. The summed E-state index contributed by atoms with van der Waals surface area (Å²) >= 11 is 0. The number of fused-ring (bicyclic) bond motifs is 4. The maximum absolute atomic E-state index is 7.02. The molecule has 4 nitrogen and oxygen atoms in total. The molecule has 10 rings (SSSR count). The van der Waals surface area contributed by atoms with Crippen LogP contribution in [0, 0.1) is 0 Å². The van der Waals surface area contributed by atoms with Crippen LogP contribution in [0.25, 0.3) is 90.0 Å². The summed E-state index contributed by atoms with van der Waals surface area (Å²) < 4.78 is 13.5. The minimum Gasteiger partial charge on any atom is -0.454 e. The van der Waals surface area contributed by atoms with Crippen molar-refractivity contribution in [2.45, 2.75) is 0 Å². The van der Waals surface area contributed by atoms with Crippen LogP contribution >= 0.6 is 0 Å². The van der Waals surface area contributed by atoms with Gasteiger partial charge in [0, 0.05) is 22.1 Å². The van der Waals surface area contributed by atoms with E-state index >= 15 is 0 Å². The molecule has 2 aromatic heterocycles. The maximum atomic E-state index is 7.02. The van der Waals surface area contributed by atoms with Gasteiger partial charge >= 0.3 is 0 Å². The molecular formula is C53H36N2O2. The topological polar surface area (TPSA) is 42.4 Å². The first-order valence-corrected chi connectivity index (χ1v) is 19.0. The number of hydrogen-bond donors (Lipinski definition) is 0. The number of rotatable bonds is 9. The quantitative estimate of drug-likeness (QED) is 0.148. The molecule has 2 heterocycles. The molecule has 8 aromatic carbocycles. The summed E-state index contributed by atoms with van der Waals surface area (Å²) in [5.74, 6) is 0.504. The lowest BCUT2D eigenvalue weighted by atomic mass is 9.95. The van der Waals surface area contributed by atoms with E-state index in [-0.39, 0.29) is 0 Å². The van der Waals surface area contributed by atoms with Gasteiger partial charge in [-0.3, -0.25) is 0 Å². The molecule has 0 N–H and O–H groups in total. The van der Waals surface area contributed by atoms with E-state index in [2.05, 4.69) is 164 Å². The zero-order valence-corrected chi connectivity index (χ0v) is 31.1. The number of oxazole rings is 1. The van der Waals surface area contributed by atoms with Crippen LogP contribution in [0.1, 0.15) is 11.1 Å². The Labute approximate surface area is 330 Å². The molecule has 0 saturated carbocycles. The molecule has 10 aromatic rings. The van der Waals surface area contributed by atoms with Crippen molar-refractivity contribution in [2.24, 2.45) is 0 Å². The van der Waals surface area contributed by atoms with Crippen LogP contribution in [0.4, 0.5) is 17.1 Å². The highest BCUT2D eigenvalue weighted by atomic mass is 16.3. The summed E-state index contributed by atoms with van der Waals surface area (Å²) in [6.07, 6.45) is 3.68. The average Bonchev–Trinajstić information content (AvgIpc) is 3.89. The third kappa shape index (κ3) is 6.01. The van der Waals surface area contributed by atoms with E-state index in [1.165, 1.54) is 0 Å². The summed E-state index contributed by atoms with van der Waals surface area (Å²) in [6, 6.07) is 63.3. The minimum atomic E-state index is 0.504. The second-order valence-electron chi connectivity index (χ2n) is 14.0. The normalized spacial score (nSPS) is 11.3. The Morgan fingerprint density at radius 3 is 1.68 bits per heavy atom. The van der Waals surface area contributed by atoms with E-state index in [4.69, 9.17) is 13.8 Å². The molecule has 0 aliphatic rings. The van der Waals surface area contributed by atoms with Gasteiger partial charge in [0.05, 0.1) is 11.3 Å². The SMILES string of the molecule is C=Cc1cc2oc3c(N(c4ccc(-c5ccccc5)cc4)c4cc(-c5ccccc5)cc(-c5ccccc5)c4)cccc3c2c(-c2nc3ccccc3o2)c1C=C. The van der Waals surface area contributed by atoms with E-state index in [9.17, 15) is 0 Å². The lowest BCUT2D eigenvalue weighted by Gasteiger charge is -2.27. The Bertz CT molecular complexity index is 3000. The van der Waals surface area contributed by atoms with Gasteiger partial charge in [-0.25, -0.2) is 4.98 Å². The van der Waals surface area contributed by atoms with Gasteiger partial charge in [-0.15, -0.1) is 0 Å². The summed E-state index contributed by atoms with van der Waals surface area (Å²) in [7, 11) is 0. The van der Waals surface area contributed by atoms with E-state index in [0.717, 1.165) is 89.0 Å². The summed E-state index contributed by atoms with van der Waals surface area (Å²) in [6.45, 7) is 8.36. The Morgan fingerprint density at radius 2 is 1.07 bits per heavy atom. The molecule has 0 aliphatic heterocycles. The highest BCUT2D eigenvalue weighted by Gasteiger charge is 2.26. The van der Waals surface area contributed by atoms with Crippen molar-refractivity contribution in [3.05, 3.63) is 206 Å². The van der Waals surface area contributed by atoms with Gasteiger partial charge in [-0.2, -0.15) is 0 Å². The lowest BCUT2D eigenvalue weighted by molar-refractivity contribution is 0.620. The van der Waals surface area contributed by atoms with Crippen LogP contribution < -0.4 is 4.90 Å². The fourth-order valence-electron chi connectivity index (χ4n) is 7.94. The first kappa shape index (κ1) is 33.8. The minimum absolute atomic E-state index is 0.504. The Balaban J connectivity index is 1.26. The molecule has 0 bridgehead atoms. The van der Waals surface area contributed by atoms with Gasteiger partial charge in [-0.05, 0) is 99.1 Å². The molecule has 0 spiro atoms. The van der Waals surface area contributed by atoms with Crippen molar-refractivity contribution < 1.29 is 8.83 Å². The highest BCUT2D eigenvalue weighted by molar-refractivity contribution is 6.17. The molecule has 0 amide bonds. The van der Waals surface area contributed by atoms with E-state index < -0.39 is 0 Å². The number of hydrogen-bond acceptors (Lipinski definition) is 4. The van der Waals surface area contributed by atoms with Crippen LogP contribution in [-0.4, -0.2) is 4.98 Å². The van der Waals surface area contributed by atoms with Crippen LogP contribution in [0.3, 0.4) is 0 Å². The predicted molar refractivity (Wildman–Crippen MR) is 238 cm³/mol. The predicted octanol–water partition coefficient (Wildman–Crippen LogP) is 15.2. The Morgan fingerprint density at radius 1 is 0.474 bits per heavy atom. The van der Waals surface area contributed by atoms with Gasteiger partial charge in [0.15, 0.2) is 11.2 Å². The van der Waals surface area contributed by atoms with Gasteiger partial charge in [0.25, 0.3) is 0 Å². The Hall–Kier alpha value is -7.69. The largest absolute Gasteiger partial charge is 0.454 e. The third-order valence-corrected chi connectivity index (χ3v) is 10.6. The van der Waals surface area contributed by atoms with Crippen LogP contribution in [0.5, 0.6) is 0 Å². The number of aromatic nitrogens is 1. The number of anilines is 3. The zero-order chi connectivity index (χ0) is 38.3. The molecule has 4 heteroatoms. The summed E-state index contributed by atoms with van der Waals surface area (Å²) in [5, 5.41) is 1.84. The van der Waals surface area contributed by atoms with Gasteiger partial charge < -0.3 is 13.7 Å². The molecule has 0 fully saturated rings. The number of benzene rings is 8. The fraction of sp³-hybridized carbons (Fsp3) is 0. The fourth-order valence-corrected chi connectivity index (χ4v) is 7.94. The summed E-state index contributed by atoms with van der Waals surface area (Å²) in [4.78, 5) is 7.27. The molecule has 0 unspecified atom stereocenters. The monoisotopic (exact) mass is 732 g/mol. The van der Waals surface area contributed by atoms with Crippen molar-refractivity contribution in [3.8, 4) is 44.8 Å². The zero-order valence-electron chi connectivity index (χ0n) is 31.1. The second kappa shape index (κ2) is 14.2. The molecule has 0 atom stereocenters. The first-order valence-electron chi connectivity index (χ1n) is 19.0. The molecule has 57 heavy (non-hydrogen) atoms. The van der Waals surface area contributed by atoms with E-state index in [0.29, 0.717) is 17.1 Å². The standard InChI is InChI=1S/C53H36N2O2/c1-3-35-34-49-50(51(44(35)4-2)53-54-46-24-14-15-26-48(46)57-53)45-23-16-25-47(52(45)56-49)55(42-29-27-39(28-30-42)36-17-8-5-9-18-36)43-32-40(37-19-10-6-11-20-37)31-41(33-43)38-21-12-7-13-22-38/h3-34H,1-2H2. The average molecular weight is 733 g/mol. The second-order valence-corrected chi connectivity index (χ2v) is 14.0. The van der Waals surface area contributed by atoms with E-state index in [1.54, 1.807) is 0 Å². The van der Waals surface area contributed by atoms with Crippen molar-refractivity contribution in [2.75, 3.05) is 4.90 Å². The van der Waals surface area contributed by atoms with Gasteiger partial charge in [-0.1, -0.05) is 153 Å². The van der Waals surface area contributed by atoms with Crippen molar-refractivity contribution in [3.63, 3.8) is 0 Å². The summed E-state index contributed by atoms with van der Waals surface area (Å²) in [5.41, 5.74) is 15.2. The van der Waals surface area contributed by atoms with E-state index in [1.807, 2.05) is 48.6 Å². The first-order chi connectivity index (χ1) is 28.2. The molecular weight excluding hydrogens is 697 g/mol. The smallest absolute Gasteiger partial charge is 0.228 e. The number of para-hydroxylation sites is 3. The van der Waals surface area contributed by atoms with Gasteiger partial charge in [0.1, 0.15) is 11.1 Å². The van der Waals surface area contributed by atoms with Crippen LogP contribution in [0.2, 0.25) is 0 Å². The molecule has 0 aliphatic carbocycles. The van der Waals surface area contributed by atoms with Crippen molar-refractivity contribution in [1.82, 2.24) is 4.98 Å². The lowest BCUT2D eigenvalue weighted by Crippen LogP contribution is -2.10. The Kier molecular flexibility index (Phi) is 8.42. The number of nitrogens with zero attached hydrogens (tertiary/aromatic N) is 2. The van der Waals surface area contributed by atoms with Crippen LogP contribution in [-0.2, 0) is 0 Å². The molecule has 0 radical (unpaired) electrons. The highest BCUT2D eigenvalue weighted by Crippen LogP contribution is 2.48. The molecule has 270 valence electrons. The maximum Gasteiger partial charge on any atom is 0.228 e. The van der Waals surface area contributed by atoms with Crippen LogP contribution in [0.15, 0.2) is 204 Å². The van der Waals surface area contributed by atoms with Crippen molar-refractivity contribution >= 4 is 62.3 Å².